The molecular formula is C19H25N3O3S2. The molecule has 3 rings (SSSR count). The number of rotatable bonds is 7. The summed E-state index contributed by atoms with van der Waals surface area (Å²) < 4.78 is 26.1. The molecule has 146 valence electrons. The highest BCUT2D eigenvalue weighted by Crippen LogP contribution is 2.40. The Balaban J connectivity index is 1.55. The predicted molar refractivity (Wildman–Crippen MR) is 107 cm³/mol. The topological polar surface area (TPSA) is 87.3 Å². The predicted octanol–water partition coefficient (Wildman–Crippen LogP) is 2.97. The van der Waals surface area contributed by atoms with Gasteiger partial charge in [0, 0.05) is 16.8 Å². The van der Waals surface area contributed by atoms with Crippen molar-refractivity contribution in [2.24, 2.45) is 0 Å². The summed E-state index contributed by atoms with van der Waals surface area (Å²) in [5, 5.41) is 5.83. The van der Waals surface area contributed by atoms with Crippen LogP contribution in [0.3, 0.4) is 0 Å². The summed E-state index contributed by atoms with van der Waals surface area (Å²) in [6.45, 7) is 0.904. The molecule has 0 atom stereocenters. The normalized spacial score (nSPS) is 16.2. The van der Waals surface area contributed by atoms with Crippen molar-refractivity contribution < 1.29 is 13.2 Å². The highest BCUT2D eigenvalue weighted by molar-refractivity contribution is 7.91. The molecule has 0 aliphatic heterocycles. The molecule has 0 radical (unpaired) electrons. The molecule has 8 heteroatoms. The van der Waals surface area contributed by atoms with Gasteiger partial charge < -0.3 is 10.6 Å². The molecule has 0 bridgehead atoms. The number of sulfonamides is 1. The first-order chi connectivity index (χ1) is 13.0. The van der Waals surface area contributed by atoms with Gasteiger partial charge in [0.25, 0.3) is 0 Å². The lowest BCUT2D eigenvalue weighted by Gasteiger charge is -2.30. The van der Waals surface area contributed by atoms with E-state index in [2.05, 4.69) is 27.5 Å². The monoisotopic (exact) mass is 407 g/mol. The van der Waals surface area contributed by atoms with Crippen LogP contribution < -0.4 is 15.4 Å². The van der Waals surface area contributed by atoms with Gasteiger partial charge in [-0.25, -0.2) is 17.9 Å². The van der Waals surface area contributed by atoms with E-state index >= 15 is 0 Å². The molecule has 27 heavy (non-hydrogen) atoms. The van der Waals surface area contributed by atoms with Gasteiger partial charge >= 0.3 is 6.03 Å². The molecule has 0 saturated heterocycles. The fourth-order valence-corrected chi connectivity index (χ4v) is 5.72. The molecule has 3 N–H and O–H groups in total. The van der Waals surface area contributed by atoms with Crippen LogP contribution in [0.4, 0.5) is 4.79 Å². The Morgan fingerprint density at radius 2 is 1.78 bits per heavy atom. The second-order valence-electron chi connectivity index (χ2n) is 6.82. The van der Waals surface area contributed by atoms with Crippen molar-refractivity contribution in [2.75, 3.05) is 13.6 Å². The molecule has 2 amide bonds. The molecule has 0 spiro atoms. The number of nitrogens with one attached hydrogen (secondary N) is 3. The lowest BCUT2D eigenvalue weighted by Crippen LogP contribution is -2.43. The lowest BCUT2D eigenvalue weighted by atomic mass is 9.79. The number of benzene rings is 1. The van der Waals surface area contributed by atoms with E-state index in [9.17, 15) is 13.2 Å². The maximum Gasteiger partial charge on any atom is 0.315 e. The van der Waals surface area contributed by atoms with Crippen LogP contribution in [0.2, 0.25) is 0 Å². The van der Waals surface area contributed by atoms with E-state index in [1.54, 1.807) is 12.1 Å². The van der Waals surface area contributed by atoms with Gasteiger partial charge in [0.2, 0.25) is 10.0 Å². The third-order valence-corrected chi connectivity index (χ3v) is 8.12. The smallest absolute Gasteiger partial charge is 0.315 e. The summed E-state index contributed by atoms with van der Waals surface area (Å²) in [6, 6.07) is 13.4. The van der Waals surface area contributed by atoms with Gasteiger partial charge in [-0.2, -0.15) is 0 Å². The molecule has 1 fully saturated rings. The Morgan fingerprint density at radius 3 is 2.44 bits per heavy atom. The van der Waals surface area contributed by atoms with Crippen molar-refractivity contribution in [2.45, 2.75) is 41.9 Å². The van der Waals surface area contributed by atoms with Crippen LogP contribution in [0.1, 0.15) is 36.1 Å². The van der Waals surface area contributed by atoms with E-state index in [4.69, 9.17) is 0 Å². The maximum absolute atomic E-state index is 12.3. The molecule has 0 unspecified atom stereocenters. The number of urea groups is 1. The average molecular weight is 408 g/mol. The molecule has 1 aliphatic carbocycles. The third kappa shape index (κ3) is 4.69. The Bertz CT molecular complexity index is 873. The summed E-state index contributed by atoms with van der Waals surface area (Å²) in [5.74, 6) is 0. The summed E-state index contributed by atoms with van der Waals surface area (Å²) in [7, 11) is -2.05. The SMILES string of the molecule is CNS(=O)(=O)c1ccc(CNC(=O)NCC2(c3ccccc3)CCCC2)s1. The fraction of sp³-hybridized carbons (Fsp3) is 0.421. The van der Waals surface area contributed by atoms with Crippen LogP contribution in [-0.4, -0.2) is 28.0 Å². The van der Waals surface area contributed by atoms with Crippen LogP contribution >= 0.6 is 11.3 Å². The summed E-state index contributed by atoms with van der Waals surface area (Å²) in [6.07, 6.45) is 4.51. The average Bonchev–Trinajstić information content (AvgIpc) is 3.36. The number of thiophene rings is 1. The van der Waals surface area contributed by atoms with E-state index in [1.807, 2.05) is 18.2 Å². The minimum Gasteiger partial charge on any atom is -0.337 e. The zero-order chi connectivity index (χ0) is 19.3. The molecule has 1 aliphatic rings. The van der Waals surface area contributed by atoms with Crippen molar-refractivity contribution in [1.29, 1.82) is 0 Å². The largest absolute Gasteiger partial charge is 0.337 e. The number of carbonyl (C=O) groups is 1. The van der Waals surface area contributed by atoms with E-state index < -0.39 is 10.0 Å². The van der Waals surface area contributed by atoms with Gasteiger partial charge in [0.05, 0.1) is 6.54 Å². The standard InChI is InChI=1S/C19H25N3O3S2/c1-20-27(24,25)17-10-9-16(26-17)13-21-18(23)22-14-19(11-5-6-12-19)15-7-3-2-4-8-15/h2-4,7-10,20H,5-6,11-14H2,1H3,(H2,21,22,23). The van der Waals surface area contributed by atoms with Gasteiger partial charge in [0.1, 0.15) is 4.21 Å². The Morgan fingerprint density at radius 1 is 1.07 bits per heavy atom. The Hall–Kier alpha value is -1.90. The zero-order valence-corrected chi connectivity index (χ0v) is 17.0. The van der Waals surface area contributed by atoms with Gasteiger partial charge in [0.15, 0.2) is 0 Å². The molecule has 1 aromatic carbocycles. The quantitative estimate of drug-likeness (QED) is 0.659. The van der Waals surface area contributed by atoms with Crippen LogP contribution in [0.15, 0.2) is 46.7 Å². The van der Waals surface area contributed by atoms with Crippen molar-refractivity contribution in [3.8, 4) is 0 Å². The van der Waals surface area contributed by atoms with Crippen molar-refractivity contribution in [3.05, 3.63) is 52.9 Å². The van der Waals surface area contributed by atoms with Gasteiger partial charge in [-0.3, -0.25) is 0 Å². The Labute approximate surface area is 164 Å². The molecule has 2 aromatic rings. The van der Waals surface area contributed by atoms with E-state index in [0.29, 0.717) is 13.1 Å². The number of hydrogen-bond acceptors (Lipinski definition) is 4. The second-order valence-corrected chi connectivity index (χ2v) is 10.1. The van der Waals surface area contributed by atoms with Gasteiger partial charge in [-0.15, -0.1) is 11.3 Å². The number of amides is 2. The maximum atomic E-state index is 12.3. The van der Waals surface area contributed by atoms with Crippen LogP contribution in [0.25, 0.3) is 0 Å². The van der Waals surface area contributed by atoms with E-state index in [0.717, 1.165) is 29.1 Å². The first-order valence-electron chi connectivity index (χ1n) is 9.05. The van der Waals surface area contributed by atoms with Crippen molar-refractivity contribution in [1.82, 2.24) is 15.4 Å². The van der Waals surface area contributed by atoms with Crippen molar-refractivity contribution in [3.63, 3.8) is 0 Å². The first kappa shape index (κ1) is 19.9. The number of hydrogen-bond donors (Lipinski definition) is 3. The van der Waals surface area contributed by atoms with Gasteiger partial charge in [-0.1, -0.05) is 43.2 Å². The second kappa shape index (κ2) is 8.41. The zero-order valence-electron chi connectivity index (χ0n) is 15.3. The van der Waals surface area contributed by atoms with E-state index in [-0.39, 0.29) is 15.7 Å². The third-order valence-electron chi connectivity index (χ3n) is 5.13. The first-order valence-corrected chi connectivity index (χ1v) is 11.3. The van der Waals surface area contributed by atoms with Crippen LogP contribution in [0.5, 0.6) is 0 Å². The lowest BCUT2D eigenvalue weighted by molar-refractivity contribution is 0.237. The summed E-state index contributed by atoms with van der Waals surface area (Å²) in [5.41, 5.74) is 1.29. The highest BCUT2D eigenvalue weighted by atomic mass is 32.2. The summed E-state index contributed by atoms with van der Waals surface area (Å²) >= 11 is 1.15. The van der Waals surface area contributed by atoms with Gasteiger partial charge in [-0.05, 0) is 37.6 Å². The highest BCUT2D eigenvalue weighted by Gasteiger charge is 2.35. The molecule has 1 saturated carbocycles. The number of carbonyl (C=O) groups excluding carboxylic acids is 1. The van der Waals surface area contributed by atoms with E-state index in [1.165, 1.54) is 25.5 Å². The van der Waals surface area contributed by atoms with Crippen molar-refractivity contribution >= 4 is 27.4 Å². The van der Waals surface area contributed by atoms with Crippen LogP contribution in [-0.2, 0) is 22.0 Å². The summed E-state index contributed by atoms with van der Waals surface area (Å²) in [4.78, 5) is 13.0. The molecule has 1 heterocycles. The fourth-order valence-electron chi connectivity index (χ4n) is 3.59. The molecular weight excluding hydrogens is 382 g/mol. The minimum atomic E-state index is -3.44. The molecule has 1 aromatic heterocycles. The molecule has 6 nitrogen and oxygen atoms in total. The minimum absolute atomic E-state index is 0.00950. The Kier molecular flexibility index (Phi) is 6.18. The van der Waals surface area contributed by atoms with Crippen LogP contribution in [0, 0.1) is 0 Å².